The first-order valence-electron chi connectivity index (χ1n) is 9.45. The summed E-state index contributed by atoms with van der Waals surface area (Å²) in [6, 6.07) is 10.1. The number of rotatable bonds is 1. The zero-order valence-corrected chi connectivity index (χ0v) is 14.0. The summed E-state index contributed by atoms with van der Waals surface area (Å²) in [5, 5.41) is 0. The molecule has 1 saturated carbocycles. The fraction of sp³-hybridized carbons (Fsp3) is 0.632. The number of benzene rings is 1. The second-order valence-corrected chi connectivity index (χ2v) is 7.89. The molecule has 5 rings (SSSR count). The molecule has 2 aliphatic heterocycles. The molecule has 1 amide bonds. The third kappa shape index (κ3) is 2.30. The Labute approximate surface area is 143 Å². The molecule has 1 aromatic rings. The summed E-state index contributed by atoms with van der Waals surface area (Å²) in [5.41, 5.74) is 12.5. The van der Waals surface area contributed by atoms with Gasteiger partial charge >= 0.3 is 0 Å². The molecular weight excluding hydrogens is 300 g/mol. The van der Waals surface area contributed by atoms with Gasteiger partial charge in [0, 0.05) is 36.5 Å². The molecule has 0 spiro atoms. The van der Waals surface area contributed by atoms with Crippen molar-refractivity contribution in [2.24, 2.45) is 5.92 Å². The Balaban J connectivity index is 1.34. The third-order valence-electron chi connectivity index (χ3n) is 6.66. The van der Waals surface area contributed by atoms with E-state index >= 15 is 0 Å². The lowest BCUT2D eigenvalue weighted by Gasteiger charge is -2.41. The summed E-state index contributed by atoms with van der Waals surface area (Å²) in [6.07, 6.45) is 6.45. The fourth-order valence-corrected chi connectivity index (χ4v) is 5.44. The smallest absolute Gasteiger partial charge is 0.226 e. The minimum absolute atomic E-state index is 0.183. The normalized spacial score (nSPS) is 37.7. The molecule has 2 saturated heterocycles. The van der Waals surface area contributed by atoms with E-state index in [4.69, 9.17) is 0 Å². The Morgan fingerprint density at radius 3 is 2.92 bits per heavy atom. The van der Waals surface area contributed by atoms with Crippen molar-refractivity contribution in [1.29, 1.82) is 0 Å². The predicted molar refractivity (Wildman–Crippen MR) is 91.9 cm³/mol. The number of nitrogens with zero attached hydrogens (tertiary/aromatic N) is 1. The number of hydrazine groups is 2. The number of carbonyl (C=O) groups excluding carboxylic acids is 1. The van der Waals surface area contributed by atoms with E-state index in [0.29, 0.717) is 30.0 Å². The van der Waals surface area contributed by atoms with Crippen LogP contribution < -0.4 is 16.4 Å². The van der Waals surface area contributed by atoms with Gasteiger partial charge < -0.3 is 4.90 Å². The molecule has 5 nitrogen and oxygen atoms in total. The summed E-state index contributed by atoms with van der Waals surface area (Å²) in [4.78, 5) is 15.5. The van der Waals surface area contributed by atoms with Gasteiger partial charge in [-0.15, -0.1) is 0 Å². The van der Waals surface area contributed by atoms with Gasteiger partial charge in [-0.3, -0.25) is 4.79 Å². The van der Waals surface area contributed by atoms with E-state index in [0.717, 1.165) is 38.6 Å². The number of carbonyl (C=O) groups is 1. The monoisotopic (exact) mass is 326 g/mol. The molecule has 1 aromatic carbocycles. The van der Waals surface area contributed by atoms with Gasteiger partial charge in [0.2, 0.25) is 5.91 Å². The van der Waals surface area contributed by atoms with Crippen molar-refractivity contribution >= 4 is 5.91 Å². The van der Waals surface area contributed by atoms with Crippen molar-refractivity contribution in [2.75, 3.05) is 6.54 Å². The topological polar surface area (TPSA) is 56.4 Å². The third-order valence-corrected chi connectivity index (χ3v) is 6.66. The largest absolute Gasteiger partial charge is 0.339 e. The van der Waals surface area contributed by atoms with Gasteiger partial charge in [0.1, 0.15) is 0 Å². The van der Waals surface area contributed by atoms with Crippen LogP contribution in [0.3, 0.4) is 0 Å². The highest BCUT2D eigenvalue weighted by Gasteiger charge is 2.44. The summed E-state index contributed by atoms with van der Waals surface area (Å²) in [7, 11) is 0. The van der Waals surface area contributed by atoms with Gasteiger partial charge in [-0.25, -0.2) is 10.9 Å². The lowest BCUT2D eigenvalue weighted by Crippen LogP contribution is -2.51. The molecule has 5 atom stereocenters. The summed E-state index contributed by atoms with van der Waals surface area (Å²) in [5.74, 6) is 1.15. The number of amides is 1. The predicted octanol–water partition coefficient (Wildman–Crippen LogP) is 1.47. The van der Waals surface area contributed by atoms with Crippen molar-refractivity contribution in [3.63, 3.8) is 0 Å². The first kappa shape index (κ1) is 14.9. The maximum absolute atomic E-state index is 13.3. The Morgan fingerprint density at radius 2 is 1.96 bits per heavy atom. The zero-order valence-electron chi connectivity index (χ0n) is 14.0. The second kappa shape index (κ2) is 5.83. The molecule has 3 N–H and O–H groups in total. The molecule has 2 aliphatic carbocycles. The van der Waals surface area contributed by atoms with Gasteiger partial charge in [-0.2, -0.15) is 5.53 Å². The highest BCUT2D eigenvalue weighted by molar-refractivity contribution is 5.80. The van der Waals surface area contributed by atoms with Crippen molar-refractivity contribution < 1.29 is 4.79 Å². The summed E-state index contributed by atoms with van der Waals surface area (Å²) in [6.45, 7) is 0.947. The van der Waals surface area contributed by atoms with Crippen LogP contribution in [0, 0.1) is 5.92 Å². The zero-order chi connectivity index (χ0) is 16.1. The van der Waals surface area contributed by atoms with E-state index in [1.807, 2.05) is 0 Å². The maximum atomic E-state index is 13.3. The van der Waals surface area contributed by atoms with Crippen LogP contribution in [0.4, 0.5) is 0 Å². The lowest BCUT2D eigenvalue weighted by atomic mass is 9.81. The van der Waals surface area contributed by atoms with Gasteiger partial charge in [0.15, 0.2) is 0 Å². The van der Waals surface area contributed by atoms with Crippen molar-refractivity contribution in [3.05, 3.63) is 35.4 Å². The Bertz CT molecular complexity index is 648. The van der Waals surface area contributed by atoms with E-state index in [1.54, 1.807) is 0 Å². The highest BCUT2D eigenvalue weighted by atomic mass is 16.2. The lowest BCUT2D eigenvalue weighted by molar-refractivity contribution is -0.141. The van der Waals surface area contributed by atoms with Crippen LogP contribution >= 0.6 is 0 Å². The molecule has 4 aliphatic rings. The van der Waals surface area contributed by atoms with Gasteiger partial charge in [0.25, 0.3) is 0 Å². The van der Waals surface area contributed by atoms with E-state index in [-0.39, 0.29) is 5.92 Å². The second-order valence-electron chi connectivity index (χ2n) is 7.89. The van der Waals surface area contributed by atoms with Gasteiger partial charge in [0.05, 0.1) is 0 Å². The molecule has 3 fully saturated rings. The quantitative estimate of drug-likeness (QED) is 0.731. The number of piperidine rings is 1. The number of hydrogen-bond donors (Lipinski definition) is 3. The minimum atomic E-state index is 0.183. The van der Waals surface area contributed by atoms with Crippen molar-refractivity contribution in [2.45, 2.75) is 62.6 Å². The number of nitrogens with one attached hydrogen (secondary N) is 3. The molecule has 0 radical (unpaired) electrons. The van der Waals surface area contributed by atoms with Crippen LogP contribution in [0.5, 0.6) is 0 Å². The molecule has 0 bridgehead atoms. The van der Waals surface area contributed by atoms with Crippen molar-refractivity contribution in [1.82, 2.24) is 21.3 Å². The Kier molecular flexibility index (Phi) is 3.61. The average molecular weight is 326 g/mol. The van der Waals surface area contributed by atoms with Crippen LogP contribution in [-0.4, -0.2) is 35.5 Å². The Morgan fingerprint density at radius 1 is 1.08 bits per heavy atom. The first-order valence-corrected chi connectivity index (χ1v) is 9.45. The van der Waals surface area contributed by atoms with Crippen LogP contribution in [0.2, 0.25) is 0 Å². The van der Waals surface area contributed by atoms with E-state index in [9.17, 15) is 4.79 Å². The fourth-order valence-electron chi connectivity index (χ4n) is 5.44. The minimum Gasteiger partial charge on any atom is -0.339 e. The Hall–Kier alpha value is -1.43. The van der Waals surface area contributed by atoms with Crippen LogP contribution in [0.15, 0.2) is 24.3 Å². The van der Waals surface area contributed by atoms with Crippen LogP contribution in [0.1, 0.15) is 49.1 Å². The molecular formula is C19H26N4O. The SMILES string of the molecule is O=C(C1CCC2NNNC2C1)N1CCCC2c3ccccc3C[C@@H]21. The van der Waals surface area contributed by atoms with Crippen LogP contribution in [-0.2, 0) is 11.2 Å². The first-order chi connectivity index (χ1) is 11.8. The molecule has 128 valence electrons. The summed E-state index contributed by atoms with van der Waals surface area (Å²) < 4.78 is 0. The van der Waals surface area contributed by atoms with E-state index in [1.165, 1.54) is 17.5 Å². The average Bonchev–Trinajstić information content (AvgIpc) is 3.24. The molecule has 24 heavy (non-hydrogen) atoms. The van der Waals surface area contributed by atoms with Crippen molar-refractivity contribution in [3.8, 4) is 0 Å². The van der Waals surface area contributed by atoms with E-state index < -0.39 is 0 Å². The number of hydrogen-bond acceptors (Lipinski definition) is 4. The molecule has 4 unspecified atom stereocenters. The number of likely N-dealkylation sites (tertiary alicyclic amines) is 1. The van der Waals surface area contributed by atoms with E-state index in [2.05, 4.69) is 45.6 Å². The molecule has 2 heterocycles. The summed E-state index contributed by atoms with van der Waals surface area (Å²) >= 11 is 0. The maximum Gasteiger partial charge on any atom is 0.226 e. The molecule has 5 heteroatoms. The standard InChI is InChI=1S/C19H26N4O/c24-19(13-7-8-16-17(10-13)21-22-20-16)23-9-3-6-15-14-5-2-1-4-12(14)11-18(15)23/h1-2,4-5,13,15-18,20-22H,3,6-11H2/t13?,15?,16?,17?,18-/m0/s1. The number of fused-ring (bicyclic) bond motifs is 4. The van der Waals surface area contributed by atoms with Gasteiger partial charge in [-0.1, -0.05) is 24.3 Å². The van der Waals surface area contributed by atoms with Gasteiger partial charge in [-0.05, 0) is 49.7 Å². The van der Waals surface area contributed by atoms with Crippen LogP contribution in [0.25, 0.3) is 0 Å². The highest BCUT2D eigenvalue weighted by Crippen LogP contribution is 2.43. The molecule has 0 aromatic heterocycles.